The molecule has 0 aliphatic heterocycles. The van der Waals surface area contributed by atoms with Gasteiger partial charge in [0.15, 0.2) is 0 Å². The van der Waals surface area contributed by atoms with Gasteiger partial charge in [0.1, 0.15) is 5.75 Å². The summed E-state index contributed by atoms with van der Waals surface area (Å²) in [5.74, 6) is 0.830. The first-order chi connectivity index (χ1) is 8.13. The summed E-state index contributed by atoms with van der Waals surface area (Å²) < 4.78 is 6.45. The predicted molar refractivity (Wildman–Crippen MR) is 80.8 cm³/mol. The van der Waals surface area contributed by atoms with E-state index in [9.17, 15) is 0 Å². The van der Waals surface area contributed by atoms with Gasteiger partial charge in [-0.2, -0.15) is 0 Å². The van der Waals surface area contributed by atoms with Crippen molar-refractivity contribution in [2.45, 2.75) is 4.83 Å². The van der Waals surface area contributed by atoms with Crippen molar-refractivity contribution in [1.82, 2.24) is 0 Å². The number of alkyl halides is 1. The molecular weight excluding hydrogens is 387 g/mol. The highest BCUT2D eigenvalue weighted by Crippen LogP contribution is 2.42. The molecule has 1 aromatic heterocycles. The molecule has 0 radical (unpaired) electrons. The molecule has 17 heavy (non-hydrogen) atoms. The first kappa shape index (κ1) is 13.4. The Morgan fingerprint density at radius 3 is 2.71 bits per heavy atom. The van der Waals surface area contributed by atoms with Crippen molar-refractivity contribution in [3.8, 4) is 5.75 Å². The second-order valence-electron chi connectivity index (χ2n) is 3.38. The zero-order valence-electron chi connectivity index (χ0n) is 8.91. The lowest BCUT2D eigenvalue weighted by molar-refractivity contribution is 0.410. The normalized spacial score (nSPS) is 12.5. The number of halogens is 3. The molecule has 0 fully saturated rings. The van der Waals surface area contributed by atoms with E-state index in [2.05, 4.69) is 31.9 Å². The average molecular weight is 397 g/mol. The van der Waals surface area contributed by atoms with Gasteiger partial charge in [-0.1, -0.05) is 27.5 Å². The van der Waals surface area contributed by atoms with Gasteiger partial charge in [0.2, 0.25) is 0 Å². The Morgan fingerprint density at radius 2 is 2.12 bits per heavy atom. The van der Waals surface area contributed by atoms with Crippen LogP contribution in [0.25, 0.3) is 0 Å². The van der Waals surface area contributed by atoms with Crippen LogP contribution in [0.4, 0.5) is 0 Å². The lowest BCUT2D eigenvalue weighted by Crippen LogP contribution is -1.95. The summed E-state index contributed by atoms with van der Waals surface area (Å²) in [6.07, 6.45) is 0. The zero-order chi connectivity index (χ0) is 12.4. The monoisotopic (exact) mass is 394 g/mol. The van der Waals surface area contributed by atoms with Gasteiger partial charge < -0.3 is 4.74 Å². The number of ether oxygens (including phenoxy) is 1. The summed E-state index contributed by atoms with van der Waals surface area (Å²) in [5, 5.41) is 2.75. The fraction of sp³-hybridized carbons (Fsp3) is 0.167. The molecule has 1 aromatic carbocycles. The van der Waals surface area contributed by atoms with Crippen LogP contribution in [0.2, 0.25) is 5.02 Å². The molecule has 0 aliphatic carbocycles. The molecule has 1 heterocycles. The quantitative estimate of drug-likeness (QED) is 0.609. The molecular formula is C12H9Br2ClOS. The van der Waals surface area contributed by atoms with E-state index in [1.807, 2.05) is 29.6 Å². The van der Waals surface area contributed by atoms with Gasteiger partial charge in [-0.15, -0.1) is 11.3 Å². The minimum atomic E-state index is 0.0746. The SMILES string of the molecule is COc1ccc(Cl)cc1C(Br)c1sccc1Br. The number of hydrogen-bond acceptors (Lipinski definition) is 2. The second-order valence-corrected chi connectivity index (χ2v) is 6.54. The van der Waals surface area contributed by atoms with Crippen molar-refractivity contribution < 1.29 is 4.74 Å². The van der Waals surface area contributed by atoms with E-state index in [0.29, 0.717) is 5.02 Å². The van der Waals surface area contributed by atoms with Crippen LogP contribution in [-0.4, -0.2) is 7.11 Å². The molecule has 1 atom stereocenters. The van der Waals surface area contributed by atoms with Gasteiger partial charge in [-0.05, 0) is 45.6 Å². The van der Waals surface area contributed by atoms with E-state index in [0.717, 1.165) is 15.8 Å². The molecule has 0 saturated carbocycles. The Balaban J connectivity index is 2.46. The van der Waals surface area contributed by atoms with E-state index in [1.165, 1.54) is 4.88 Å². The van der Waals surface area contributed by atoms with Crippen LogP contribution in [0.3, 0.4) is 0 Å². The Kier molecular flexibility index (Phi) is 4.53. The van der Waals surface area contributed by atoms with Crippen molar-refractivity contribution in [2.24, 2.45) is 0 Å². The highest BCUT2D eigenvalue weighted by molar-refractivity contribution is 9.11. The Morgan fingerprint density at radius 1 is 1.35 bits per heavy atom. The second kappa shape index (κ2) is 5.74. The van der Waals surface area contributed by atoms with E-state index in [4.69, 9.17) is 16.3 Å². The van der Waals surface area contributed by atoms with E-state index in [-0.39, 0.29) is 4.83 Å². The van der Waals surface area contributed by atoms with Gasteiger partial charge >= 0.3 is 0 Å². The van der Waals surface area contributed by atoms with Crippen LogP contribution >= 0.6 is 54.8 Å². The standard InChI is InChI=1S/C12H9Br2ClOS/c1-16-10-3-2-7(15)6-8(10)11(14)12-9(13)4-5-17-12/h2-6,11H,1H3. The van der Waals surface area contributed by atoms with Crippen LogP contribution in [0, 0.1) is 0 Å². The summed E-state index contributed by atoms with van der Waals surface area (Å²) in [6, 6.07) is 7.66. The first-order valence-corrected chi connectivity index (χ1v) is 7.80. The van der Waals surface area contributed by atoms with Crippen molar-refractivity contribution in [2.75, 3.05) is 7.11 Å². The summed E-state index contributed by atoms with van der Waals surface area (Å²) in [7, 11) is 1.66. The Bertz CT molecular complexity index is 527. The van der Waals surface area contributed by atoms with E-state index >= 15 is 0 Å². The maximum atomic E-state index is 6.03. The number of thiophene rings is 1. The molecule has 0 N–H and O–H groups in total. The van der Waals surface area contributed by atoms with Crippen molar-refractivity contribution in [3.05, 3.63) is 49.6 Å². The van der Waals surface area contributed by atoms with E-state index in [1.54, 1.807) is 18.4 Å². The highest BCUT2D eigenvalue weighted by atomic mass is 79.9. The van der Waals surface area contributed by atoms with Gasteiger partial charge in [0.05, 0.1) is 11.9 Å². The third kappa shape index (κ3) is 2.87. The van der Waals surface area contributed by atoms with Crippen molar-refractivity contribution >= 4 is 54.8 Å². The van der Waals surface area contributed by atoms with Gasteiger partial charge in [0, 0.05) is 19.9 Å². The third-order valence-electron chi connectivity index (χ3n) is 2.34. The molecule has 0 spiro atoms. The topological polar surface area (TPSA) is 9.23 Å². The third-order valence-corrected chi connectivity index (χ3v) is 5.76. The van der Waals surface area contributed by atoms with Crippen LogP contribution in [0.15, 0.2) is 34.1 Å². The zero-order valence-corrected chi connectivity index (χ0v) is 13.7. The van der Waals surface area contributed by atoms with Crippen molar-refractivity contribution in [3.63, 3.8) is 0 Å². The molecule has 0 amide bonds. The number of hydrogen-bond donors (Lipinski definition) is 0. The maximum Gasteiger partial charge on any atom is 0.123 e. The molecule has 2 rings (SSSR count). The van der Waals surface area contributed by atoms with Crippen LogP contribution < -0.4 is 4.74 Å². The molecule has 0 bridgehead atoms. The Hall–Kier alpha value is -0.0300. The largest absolute Gasteiger partial charge is 0.496 e. The highest BCUT2D eigenvalue weighted by Gasteiger charge is 2.19. The molecule has 0 aliphatic rings. The lowest BCUT2D eigenvalue weighted by atomic mass is 10.1. The smallest absolute Gasteiger partial charge is 0.123 e. The molecule has 0 saturated heterocycles. The first-order valence-electron chi connectivity index (χ1n) is 4.84. The summed E-state index contributed by atoms with van der Waals surface area (Å²) in [6.45, 7) is 0. The fourth-order valence-corrected chi connectivity index (χ4v) is 4.54. The minimum absolute atomic E-state index is 0.0746. The maximum absolute atomic E-state index is 6.03. The number of rotatable bonds is 3. The van der Waals surface area contributed by atoms with Crippen LogP contribution in [0.1, 0.15) is 15.3 Å². The summed E-state index contributed by atoms with van der Waals surface area (Å²) >= 11 is 14.9. The van der Waals surface area contributed by atoms with Crippen molar-refractivity contribution in [1.29, 1.82) is 0 Å². The molecule has 90 valence electrons. The predicted octanol–water partition coefficient (Wildman–Crippen LogP) is 5.66. The lowest BCUT2D eigenvalue weighted by Gasteiger charge is -2.14. The van der Waals surface area contributed by atoms with Gasteiger partial charge in [0.25, 0.3) is 0 Å². The fourth-order valence-electron chi connectivity index (χ4n) is 1.53. The summed E-state index contributed by atoms with van der Waals surface area (Å²) in [5.41, 5.74) is 1.03. The number of benzene rings is 1. The van der Waals surface area contributed by atoms with E-state index < -0.39 is 0 Å². The average Bonchev–Trinajstić information content (AvgIpc) is 2.74. The molecule has 1 nitrogen and oxygen atoms in total. The van der Waals surface area contributed by atoms with Crippen LogP contribution in [0.5, 0.6) is 5.75 Å². The molecule has 5 heteroatoms. The van der Waals surface area contributed by atoms with Gasteiger partial charge in [-0.25, -0.2) is 0 Å². The molecule has 1 unspecified atom stereocenters. The molecule has 2 aromatic rings. The van der Waals surface area contributed by atoms with Crippen LogP contribution in [-0.2, 0) is 0 Å². The Labute approximate surface area is 126 Å². The summed E-state index contributed by atoms with van der Waals surface area (Å²) in [4.78, 5) is 1.27. The number of methoxy groups -OCH3 is 1. The minimum Gasteiger partial charge on any atom is -0.496 e. The van der Waals surface area contributed by atoms with Gasteiger partial charge in [-0.3, -0.25) is 0 Å².